The highest BCUT2D eigenvalue weighted by Crippen LogP contribution is 2.40. The summed E-state index contributed by atoms with van der Waals surface area (Å²) < 4.78 is 0. The second kappa shape index (κ2) is 6.19. The van der Waals surface area contributed by atoms with Gasteiger partial charge in [0.25, 0.3) is 0 Å². The van der Waals surface area contributed by atoms with Crippen LogP contribution in [-0.2, 0) is 0 Å². The molecule has 0 aromatic heterocycles. The molecule has 1 saturated carbocycles. The van der Waals surface area contributed by atoms with Crippen LogP contribution >= 0.6 is 0 Å². The molecule has 2 heteroatoms. The van der Waals surface area contributed by atoms with Gasteiger partial charge in [-0.1, -0.05) is 26.2 Å². The summed E-state index contributed by atoms with van der Waals surface area (Å²) in [6.45, 7) is 6.14. The first-order valence-electron chi connectivity index (χ1n) is 7.67. The van der Waals surface area contributed by atoms with E-state index in [1.54, 1.807) is 0 Å². The van der Waals surface area contributed by atoms with Crippen molar-refractivity contribution in [3.8, 4) is 0 Å². The Morgan fingerprint density at radius 1 is 1.18 bits per heavy atom. The number of hydrogen-bond donors (Lipinski definition) is 1. The van der Waals surface area contributed by atoms with Gasteiger partial charge in [0.1, 0.15) is 0 Å². The topological polar surface area (TPSA) is 15.3 Å². The molecule has 0 bridgehead atoms. The maximum absolute atomic E-state index is 3.78. The second-order valence-corrected chi connectivity index (χ2v) is 6.32. The van der Waals surface area contributed by atoms with E-state index in [1.165, 1.54) is 71.0 Å². The zero-order valence-corrected chi connectivity index (χ0v) is 11.8. The van der Waals surface area contributed by atoms with Crippen molar-refractivity contribution in [2.45, 2.75) is 64.3 Å². The van der Waals surface area contributed by atoms with Crippen LogP contribution in [0.4, 0.5) is 0 Å². The lowest BCUT2D eigenvalue weighted by Gasteiger charge is -2.34. The number of piperidine rings is 1. The molecule has 2 aliphatic rings. The van der Waals surface area contributed by atoms with E-state index in [2.05, 4.69) is 24.2 Å². The zero-order chi connectivity index (χ0) is 12.1. The molecule has 1 aliphatic carbocycles. The molecule has 17 heavy (non-hydrogen) atoms. The van der Waals surface area contributed by atoms with Gasteiger partial charge in [-0.15, -0.1) is 0 Å². The minimum atomic E-state index is 0.646. The Labute approximate surface area is 107 Å². The van der Waals surface area contributed by atoms with Gasteiger partial charge in [-0.05, 0) is 51.1 Å². The summed E-state index contributed by atoms with van der Waals surface area (Å²) in [7, 11) is 2.29. The molecule has 0 aromatic carbocycles. The Hall–Kier alpha value is -0.0800. The molecule has 0 spiro atoms. The van der Waals surface area contributed by atoms with E-state index in [9.17, 15) is 0 Å². The molecule has 0 amide bonds. The maximum Gasteiger partial charge on any atom is 0.0217 e. The molecular weight excluding hydrogens is 208 g/mol. The molecule has 2 fully saturated rings. The standard InChI is InChI=1S/C15H30N2/c1-3-15(9-5-6-10-15)13-16-12-14-8-4-7-11-17(14)2/h14,16H,3-13H2,1-2H3. The van der Waals surface area contributed by atoms with Crippen LogP contribution in [0, 0.1) is 5.41 Å². The van der Waals surface area contributed by atoms with Gasteiger partial charge in [0.05, 0.1) is 0 Å². The maximum atomic E-state index is 3.78. The molecule has 1 heterocycles. The summed E-state index contributed by atoms with van der Waals surface area (Å²) in [5.41, 5.74) is 0.646. The van der Waals surface area contributed by atoms with Gasteiger partial charge in [-0.25, -0.2) is 0 Å². The number of nitrogens with one attached hydrogen (secondary N) is 1. The van der Waals surface area contributed by atoms with Crippen molar-refractivity contribution in [1.82, 2.24) is 10.2 Å². The molecule has 1 unspecified atom stereocenters. The van der Waals surface area contributed by atoms with Crippen molar-refractivity contribution in [3.63, 3.8) is 0 Å². The molecule has 0 aromatic rings. The summed E-state index contributed by atoms with van der Waals surface area (Å²) in [4.78, 5) is 2.55. The minimum Gasteiger partial charge on any atom is -0.315 e. The van der Waals surface area contributed by atoms with Crippen molar-refractivity contribution in [3.05, 3.63) is 0 Å². The van der Waals surface area contributed by atoms with Gasteiger partial charge in [0, 0.05) is 19.1 Å². The fourth-order valence-electron chi connectivity index (χ4n) is 3.69. The first-order valence-corrected chi connectivity index (χ1v) is 7.67. The van der Waals surface area contributed by atoms with Crippen LogP contribution in [-0.4, -0.2) is 37.6 Å². The van der Waals surface area contributed by atoms with Crippen molar-refractivity contribution >= 4 is 0 Å². The molecule has 100 valence electrons. The summed E-state index contributed by atoms with van der Waals surface area (Å²) in [6.07, 6.45) is 11.4. The third kappa shape index (κ3) is 3.45. The van der Waals surface area contributed by atoms with Crippen LogP contribution in [0.2, 0.25) is 0 Å². The predicted molar refractivity (Wildman–Crippen MR) is 74.3 cm³/mol. The Kier molecular flexibility index (Phi) is 4.87. The largest absolute Gasteiger partial charge is 0.315 e. The number of rotatable bonds is 5. The van der Waals surface area contributed by atoms with Crippen LogP contribution in [0.3, 0.4) is 0 Å². The van der Waals surface area contributed by atoms with Gasteiger partial charge in [-0.3, -0.25) is 0 Å². The SMILES string of the molecule is CCC1(CNCC2CCCCN2C)CCCC1. The molecule has 2 rings (SSSR count). The van der Waals surface area contributed by atoms with Gasteiger partial charge in [0.15, 0.2) is 0 Å². The van der Waals surface area contributed by atoms with E-state index in [0.29, 0.717) is 5.41 Å². The third-order valence-corrected chi connectivity index (χ3v) is 5.22. The Morgan fingerprint density at radius 2 is 1.94 bits per heavy atom. The number of likely N-dealkylation sites (N-methyl/N-ethyl adjacent to an activating group) is 1. The van der Waals surface area contributed by atoms with Gasteiger partial charge in [-0.2, -0.15) is 0 Å². The zero-order valence-electron chi connectivity index (χ0n) is 11.8. The summed E-state index contributed by atoms with van der Waals surface area (Å²) in [5, 5.41) is 3.78. The van der Waals surface area contributed by atoms with Gasteiger partial charge >= 0.3 is 0 Å². The van der Waals surface area contributed by atoms with Gasteiger partial charge in [0.2, 0.25) is 0 Å². The smallest absolute Gasteiger partial charge is 0.0217 e. The average Bonchev–Trinajstić information content (AvgIpc) is 2.81. The second-order valence-electron chi connectivity index (χ2n) is 6.32. The fourth-order valence-corrected chi connectivity index (χ4v) is 3.69. The van der Waals surface area contributed by atoms with Crippen LogP contribution < -0.4 is 5.32 Å². The van der Waals surface area contributed by atoms with Crippen molar-refractivity contribution in [2.75, 3.05) is 26.7 Å². The molecule has 1 N–H and O–H groups in total. The van der Waals surface area contributed by atoms with E-state index in [0.717, 1.165) is 6.04 Å². The highest BCUT2D eigenvalue weighted by atomic mass is 15.2. The number of likely N-dealkylation sites (tertiary alicyclic amines) is 1. The van der Waals surface area contributed by atoms with Crippen LogP contribution in [0.1, 0.15) is 58.3 Å². The minimum absolute atomic E-state index is 0.646. The highest BCUT2D eigenvalue weighted by molar-refractivity contribution is 4.86. The Morgan fingerprint density at radius 3 is 2.59 bits per heavy atom. The van der Waals surface area contributed by atoms with E-state index in [1.807, 2.05) is 0 Å². The Balaban J connectivity index is 1.71. The van der Waals surface area contributed by atoms with E-state index >= 15 is 0 Å². The van der Waals surface area contributed by atoms with Crippen molar-refractivity contribution < 1.29 is 0 Å². The quantitative estimate of drug-likeness (QED) is 0.792. The van der Waals surface area contributed by atoms with E-state index < -0.39 is 0 Å². The predicted octanol–water partition coefficient (Wildman–Crippen LogP) is 3.03. The number of nitrogens with zero attached hydrogens (tertiary/aromatic N) is 1. The molecule has 1 aliphatic heterocycles. The lowest BCUT2D eigenvalue weighted by atomic mass is 9.83. The average molecular weight is 238 g/mol. The first-order chi connectivity index (χ1) is 8.26. The molecular formula is C15H30N2. The van der Waals surface area contributed by atoms with Crippen LogP contribution in [0.5, 0.6) is 0 Å². The third-order valence-electron chi connectivity index (χ3n) is 5.22. The lowest BCUT2D eigenvalue weighted by molar-refractivity contribution is 0.172. The van der Waals surface area contributed by atoms with Gasteiger partial charge < -0.3 is 10.2 Å². The van der Waals surface area contributed by atoms with E-state index in [4.69, 9.17) is 0 Å². The van der Waals surface area contributed by atoms with Crippen LogP contribution in [0.15, 0.2) is 0 Å². The van der Waals surface area contributed by atoms with E-state index in [-0.39, 0.29) is 0 Å². The van der Waals surface area contributed by atoms with Crippen LogP contribution in [0.25, 0.3) is 0 Å². The monoisotopic (exact) mass is 238 g/mol. The highest BCUT2D eigenvalue weighted by Gasteiger charge is 2.31. The lowest BCUT2D eigenvalue weighted by Crippen LogP contribution is -2.45. The first kappa shape index (κ1) is 13.4. The fraction of sp³-hybridized carbons (Fsp3) is 1.00. The summed E-state index contributed by atoms with van der Waals surface area (Å²) >= 11 is 0. The molecule has 1 atom stereocenters. The van der Waals surface area contributed by atoms with Crippen molar-refractivity contribution in [2.24, 2.45) is 5.41 Å². The summed E-state index contributed by atoms with van der Waals surface area (Å²) in [5.74, 6) is 0. The molecule has 2 nitrogen and oxygen atoms in total. The number of hydrogen-bond acceptors (Lipinski definition) is 2. The molecule has 0 radical (unpaired) electrons. The Bertz CT molecular complexity index is 221. The summed E-state index contributed by atoms with van der Waals surface area (Å²) in [6, 6.07) is 0.791. The normalized spacial score (nSPS) is 29.6. The molecule has 1 saturated heterocycles. The van der Waals surface area contributed by atoms with Crippen molar-refractivity contribution in [1.29, 1.82) is 0 Å².